The highest BCUT2D eigenvalue weighted by atomic mass is 32.2. The summed E-state index contributed by atoms with van der Waals surface area (Å²) < 4.78 is 1.75. The molecule has 2 aliphatic rings. The van der Waals surface area contributed by atoms with Crippen LogP contribution in [0.3, 0.4) is 0 Å². The molecule has 2 atom stereocenters. The molecule has 2 heterocycles. The van der Waals surface area contributed by atoms with Gasteiger partial charge < -0.3 is 5.32 Å². The first-order valence-corrected chi connectivity index (χ1v) is 9.35. The molecule has 0 bridgehead atoms. The van der Waals surface area contributed by atoms with E-state index in [2.05, 4.69) is 10.4 Å². The van der Waals surface area contributed by atoms with Crippen LogP contribution >= 0.6 is 11.8 Å². The molecular formula is C18H18N4O3S. The number of hydrogen-bond acceptors (Lipinski definition) is 5. The molecule has 0 spiro atoms. The second-order valence-electron chi connectivity index (χ2n) is 6.62. The average molecular weight is 370 g/mol. The largest absolute Gasteiger partial charge is 0.326 e. The van der Waals surface area contributed by atoms with Crippen molar-refractivity contribution in [3.05, 3.63) is 47.8 Å². The normalized spacial score (nSPS) is 22.0. The molecule has 26 heavy (non-hydrogen) atoms. The Morgan fingerprint density at radius 1 is 1.31 bits per heavy atom. The number of benzene rings is 1. The fourth-order valence-corrected chi connectivity index (χ4v) is 3.85. The standard InChI is InChI=1S/C18H18N4O3S/c1-21-9-12(7-19-21)14-6-15(14)17(24)20-13-4-2-11(3-5-13)8-22-16(23)10-26-18(22)25/h2-5,7,9,14-15H,6,8,10H2,1H3,(H,20,24). The van der Waals surface area contributed by atoms with Crippen LogP contribution in [0.5, 0.6) is 0 Å². The molecule has 134 valence electrons. The highest BCUT2D eigenvalue weighted by Gasteiger charge is 2.44. The lowest BCUT2D eigenvalue weighted by Gasteiger charge is -2.13. The Labute approximate surface area is 154 Å². The van der Waals surface area contributed by atoms with E-state index in [1.165, 1.54) is 4.90 Å². The monoisotopic (exact) mass is 370 g/mol. The van der Waals surface area contributed by atoms with Gasteiger partial charge in [-0.3, -0.25) is 24.0 Å². The maximum Gasteiger partial charge on any atom is 0.289 e. The highest BCUT2D eigenvalue weighted by Crippen LogP contribution is 2.47. The van der Waals surface area contributed by atoms with Crippen molar-refractivity contribution in [2.45, 2.75) is 18.9 Å². The molecule has 8 heteroatoms. The van der Waals surface area contributed by atoms with Crippen molar-refractivity contribution in [2.75, 3.05) is 11.1 Å². The number of carbonyl (C=O) groups is 3. The van der Waals surface area contributed by atoms with Crippen LogP contribution < -0.4 is 5.32 Å². The van der Waals surface area contributed by atoms with Gasteiger partial charge in [-0.05, 0) is 35.6 Å². The van der Waals surface area contributed by atoms with Crippen molar-refractivity contribution in [2.24, 2.45) is 13.0 Å². The van der Waals surface area contributed by atoms with E-state index in [0.29, 0.717) is 5.69 Å². The SMILES string of the molecule is Cn1cc(C2CC2C(=O)Nc2ccc(CN3C(=O)CSC3=O)cc2)cn1. The minimum absolute atomic E-state index is 0.00732. The summed E-state index contributed by atoms with van der Waals surface area (Å²) in [6.45, 7) is 0.268. The number of aryl methyl sites for hydroxylation is 1. The Kier molecular flexibility index (Phi) is 4.28. The molecule has 3 amide bonds. The van der Waals surface area contributed by atoms with Gasteiger partial charge in [0.2, 0.25) is 11.8 Å². The summed E-state index contributed by atoms with van der Waals surface area (Å²) in [4.78, 5) is 36.9. The van der Waals surface area contributed by atoms with Crippen LogP contribution in [0.1, 0.15) is 23.5 Å². The second kappa shape index (κ2) is 6.60. The van der Waals surface area contributed by atoms with Crippen LogP contribution in [0.4, 0.5) is 10.5 Å². The molecule has 2 fully saturated rings. The smallest absolute Gasteiger partial charge is 0.289 e. The van der Waals surface area contributed by atoms with Gasteiger partial charge in [0.1, 0.15) is 0 Å². The number of aromatic nitrogens is 2. The van der Waals surface area contributed by atoms with E-state index >= 15 is 0 Å². The maximum absolute atomic E-state index is 12.4. The van der Waals surface area contributed by atoms with Crippen LogP contribution in [0, 0.1) is 5.92 Å². The van der Waals surface area contributed by atoms with Crippen molar-refractivity contribution in [1.29, 1.82) is 0 Å². The predicted octanol–water partition coefficient (Wildman–Crippen LogP) is 2.36. The van der Waals surface area contributed by atoms with Crippen molar-refractivity contribution in [3.8, 4) is 0 Å². The van der Waals surface area contributed by atoms with Crippen LogP contribution in [-0.2, 0) is 23.2 Å². The van der Waals surface area contributed by atoms with E-state index in [4.69, 9.17) is 0 Å². The number of carbonyl (C=O) groups excluding carboxylic acids is 3. The Morgan fingerprint density at radius 3 is 2.69 bits per heavy atom. The maximum atomic E-state index is 12.4. The van der Waals surface area contributed by atoms with Gasteiger partial charge >= 0.3 is 0 Å². The molecular weight excluding hydrogens is 352 g/mol. The molecule has 1 N–H and O–H groups in total. The van der Waals surface area contributed by atoms with Gasteiger partial charge in [0, 0.05) is 24.8 Å². The Balaban J connectivity index is 1.34. The Bertz CT molecular complexity index is 861. The summed E-state index contributed by atoms with van der Waals surface area (Å²) in [5.74, 6) is 0.288. The van der Waals surface area contributed by atoms with E-state index < -0.39 is 0 Å². The fraction of sp³-hybridized carbons (Fsp3) is 0.333. The van der Waals surface area contributed by atoms with Gasteiger partial charge in [-0.2, -0.15) is 5.10 Å². The quantitative estimate of drug-likeness (QED) is 0.873. The van der Waals surface area contributed by atoms with Gasteiger partial charge in [-0.1, -0.05) is 23.9 Å². The van der Waals surface area contributed by atoms with Crippen LogP contribution in [0.15, 0.2) is 36.7 Å². The van der Waals surface area contributed by atoms with Gasteiger partial charge in [-0.25, -0.2) is 0 Å². The number of hydrogen-bond donors (Lipinski definition) is 1. The fourth-order valence-electron chi connectivity index (χ4n) is 3.13. The zero-order chi connectivity index (χ0) is 18.3. The third-order valence-corrected chi connectivity index (χ3v) is 5.54. The molecule has 1 aromatic carbocycles. The zero-order valence-corrected chi connectivity index (χ0v) is 15.0. The Morgan fingerprint density at radius 2 is 2.08 bits per heavy atom. The topological polar surface area (TPSA) is 84.3 Å². The number of thioether (sulfide) groups is 1. The molecule has 7 nitrogen and oxygen atoms in total. The van der Waals surface area contributed by atoms with Crippen molar-refractivity contribution >= 4 is 34.5 Å². The van der Waals surface area contributed by atoms with Gasteiger partial charge in [-0.15, -0.1) is 0 Å². The van der Waals surface area contributed by atoms with E-state index in [0.717, 1.165) is 29.3 Å². The molecule has 1 saturated heterocycles. The van der Waals surface area contributed by atoms with Crippen LogP contribution in [0.25, 0.3) is 0 Å². The molecule has 2 aromatic rings. The van der Waals surface area contributed by atoms with Crippen molar-refractivity contribution in [1.82, 2.24) is 14.7 Å². The summed E-state index contributed by atoms with van der Waals surface area (Å²) in [6, 6.07) is 7.25. The summed E-state index contributed by atoms with van der Waals surface area (Å²) >= 11 is 1.03. The molecule has 1 aliphatic carbocycles. The van der Waals surface area contributed by atoms with E-state index in [-0.39, 0.29) is 41.2 Å². The minimum atomic E-state index is -0.206. The lowest BCUT2D eigenvalue weighted by Crippen LogP contribution is -2.27. The summed E-state index contributed by atoms with van der Waals surface area (Å²) in [5, 5.41) is 6.87. The molecule has 1 saturated carbocycles. The second-order valence-corrected chi connectivity index (χ2v) is 7.54. The summed E-state index contributed by atoms with van der Waals surface area (Å²) in [5.41, 5.74) is 2.66. The Hall–Kier alpha value is -2.61. The zero-order valence-electron chi connectivity index (χ0n) is 14.2. The summed E-state index contributed by atoms with van der Waals surface area (Å²) in [6.07, 6.45) is 4.60. The average Bonchev–Trinajstić information content (AvgIpc) is 3.23. The molecule has 4 rings (SSSR count). The third kappa shape index (κ3) is 3.37. The molecule has 1 aliphatic heterocycles. The number of nitrogens with one attached hydrogen (secondary N) is 1. The molecule has 0 radical (unpaired) electrons. The predicted molar refractivity (Wildman–Crippen MR) is 97.5 cm³/mol. The minimum Gasteiger partial charge on any atom is -0.326 e. The molecule has 1 aromatic heterocycles. The third-order valence-electron chi connectivity index (χ3n) is 4.68. The molecule has 2 unspecified atom stereocenters. The lowest BCUT2D eigenvalue weighted by molar-refractivity contribution is -0.125. The number of anilines is 1. The van der Waals surface area contributed by atoms with E-state index in [9.17, 15) is 14.4 Å². The van der Waals surface area contributed by atoms with E-state index in [1.54, 1.807) is 16.8 Å². The van der Waals surface area contributed by atoms with Crippen molar-refractivity contribution < 1.29 is 14.4 Å². The number of imide groups is 1. The first-order valence-electron chi connectivity index (χ1n) is 8.37. The summed E-state index contributed by atoms with van der Waals surface area (Å²) in [7, 11) is 1.87. The van der Waals surface area contributed by atoms with Crippen molar-refractivity contribution in [3.63, 3.8) is 0 Å². The number of amides is 3. The number of nitrogens with zero attached hydrogens (tertiary/aromatic N) is 3. The van der Waals surface area contributed by atoms with E-state index in [1.807, 2.05) is 31.6 Å². The van der Waals surface area contributed by atoms with Gasteiger partial charge in [0.05, 0.1) is 18.5 Å². The van der Waals surface area contributed by atoms with Gasteiger partial charge in [0.15, 0.2) is 0 Å². The highest BCUT2D eigenvalue weighted by molar-refractivity contribution is 8.14. The first-order chi connectivity index (χ1) is 12.5. The lowest BCUT2D eigenvalue weighted by atomic mass is 10.1. The van der Waals surface area contributed by atoms with Gasteiger partial charge in [0.25, 0.3) is 5.24 Å². The first kappa shape index (κ1) is 16.8. The number of rotatable bonds is 5. The van der Waals surface area contributed by atoms with Crippen LogP contribution in [-0.4, -0.2) is 37.5 Å². The van der Waals surface area contributed by atoms with Crippen LogP contribution in [0.2, 0.25) is 0 Å².